The van der Waals surface area contributed by atoms with Crippen molar-refractivity contribution in [1.82, 2.24) is 15.5 Å². The van der Waals surface area contributed by atoms with Crippen LogP contribution in [0.15, 0.2) is 76.8 Å². The van der Waals surface area contributed by atoms with Gasteiger partial charge in [-0.2, -0.15) is 0 Å². The third-order valence-electron chi connectivity index (χ3n) is 10.7. The molecule has 2 aromatic carbocycles. The topological polar surface area (TPSA) is 147 Å². The van der Waals surface area contributed by atoms with Crippen LogP contribution in [0, 0.1) is 17.8 Å². The molecule has 0 spiro atoms. The van der Waals surface area contributed by atoms with Crippen LogP contribution in [0.3, 0.4) is 0 Å². The Morgan fingerprint density at radius 3 is 2.35 bits per heavy atom. The summed E-state index contributed by atoms with van der Waals surface area (Å²) in [5.41, 5.74) is 1.19. The number of esters is 1. The van der Waals surface area contributed by atoms with Crippen molar-refractivity contribution in [2.24, 2.45) is 17.8 Å². The largest absolute Gasteiger partial charge is 0.507 e. The first kappa shape index (κ1) is 42.7. The smallest absolute Gasteiger partial charge is 0.329 e. The first-order valence-corrected chi connectivity index (χ1v) is 19.5. The Morgan fingerprint density at radius 1 is 1.06 bits per heavy atom. The number of methoxy groups -OCH3 is 1. The Kier molecular flexibility index (Phi) is 14.7. The fourth-order valence-corrected chi connectivity index (χ4v) is 7.37. The minimum Gasteiger partial charge on any atom is -0.507 e. The summed E-state index contributed by atoms with van der Waals surface area (Å²) < 4.78 is 18.5. The molecule has 0 aliphatic carbocycles. The second kappa shape index (κ2) is 18.6. The molecule has 3 amide bonds. The highest BCUT2D eigenvalue weighted by Gasteiger charge is 2.61. The molecular weight excluding hydrogens is 754 g/mol. The Hall–Kier alpha value is -4.00. The summed E-state index contributed by atoms with van der Waals surface area (Å²) in [6.45, 7) is 13.1. The molecule has 0 bridgehead atoms. The molecular formula is C42H56BrN3O8. The summed E-state index contributed by atoms with van der Waals surface area (Å²) in [5.74, 6) is -2.98. The second-order valence-corrected chi connectivity index (χ2v) is 16.0. The van der Waals surface area contributed by atoms with Gasteiger partial charge in [0.05, 0.1) is 16.7 Å². The number of hydrogen-bond donors (Lipinski definition) is 3. The van der Waals surface area contributed by atoms with E-state index in [2.05, 4.69) is 26.6 Å². The normalized spacial score (nSPS) is 31.2. The number of allylic oxidation sites excluding steroid dienone is 2. The second-order valence-electron chi connectivity index (χ2n) is 15.1. The van der Waals surface area contributed by atoms with E-state index >= 15 is 0 Å². The molecule has 2 aliphatic heterocycles. The van der Waals surface area contributed by atoms with Crippen LogP contribution in [0.1, 0.15) is 78.5 Å². The van der Waals surface area contributed by atoms with E-state index in [4.69, 9.17) is 14.2 Å². The third kappa shape index (κ3) is 10.2. The van der Waals surface area contributed by atoms with Gasteiger partial charge in [-0.1, -0.05) is 95.7 Å². The number of aromatic hydroxyl groups is 1. The number of nitrogens with zero attached hydrogens (tertiary/aromatic N) is 1. The summed E-state index contributed by atoms with van der Waals surface area (Å²) >= 11 is 3.34. The number of rotatable bonds is 7. The number of phenols is 1. The number of amides is 3. The van der Waals surface area contributed by atoms with E-state index in [-0.39, 0.29) is 41.9 Å². The number of hydrogen-bond acceptors (Lipinski definition) is 8. The van der Waals surface area contributed by atoms with E-state index in [0.29, 0.717) is 22.9 Å². The monoisotopic (exact) mass is 809 g/mol. The molecule has 2 aromatic rings. The lowest BCUT2D eigenvalue weighted by Gasteiger charge is -2.34. The minimum absolute atomic E-state index is 0.0210. The molecule has 294 valence electrons. The number of likely N-dealkylation sites (N-methyl/N-ethyl adjacent to an activating group) is 1. The van der Waals surface area contributed by atoms with Crippen LogP contribution in [0.25, 0.3) is 0 Å². The summed E-state index contributed by atoms with van der Waals surface area (Å²) in [4.78, 5) is 58.2. The van der Waals surface area contributed by atoms with Crippen LogP contribution in [-0.2, 0) is 39.8 Å². The molecule has 4 rings (SSSR count). The van der Waals surface area contributed by atoms with Gasteiger partial charge in [0, 0.05) is 32.9 Å². The molecule has 54 heavy (non-hydrogen) atoms. The molecule has 11 nitrogen and oxygen atoms in total. The number of benzene rings is 2. The average Bonchev–Trinajstić information content (AvgIpc) is 3.81. The highest BCUT2D eigenvalue weighted by atomic mass is 79.9. The molecule has 1 fully saturated rings. The first-order chi connectivity index (χ1) is 25.5. The van der Waals surface area contributed by atoms with Crippen molar-refractivity contribution < 1.29 is 38.5 Å². The van der Waals surface area contributed by atoms with Gasteiger partial charge in [-0.15, -0.1) is 0 Å². The van der Waals surface area contributed by atoms with Crippen molar-refractivity contribution in [2.45, 2.75) is 110 Å². The Labute approximate surface area is 328 Å². The lowest BCUT2D eigenvalue weighted by molar-refractivity contribution is -0.156. The number of fused-ring (bicyclic) bond motifs is 1. The van der Waals surface area contributed by atoms with Crippen molar-refractivity contribution in [1.29, 1.82) is 0 Å². The van der Waals surface area contributed by atoms with Crippen molar-refractivity contribution in [3.63, 3.8) is 0 Å². The fraction of sp³-hybridized carbons (Fsp3) is 0.524. The van der Waals surface area contributed by atoms with E-state index < -0.39 is 53.7 Å². The van der Waals surface area contributed by atoms with Crippen molar-refractivity contribution >= 4 is 39.6 Å². The predicted molar refractivity (Wildman–Crippen MR) is 210 cm³/mol. The maximum absolute atomic E-state index is 14.3. The van der Waals surface area contributed by atoms with Gasteiger partial charge < -0.3 is 34.9 Å². The van der Waals surface area contributed by atoms with Gasteiger partial charge >= 0.3 is 5.97 Å². The summed E-state index contributed by atoms with van der Waals surface area (Å²) in [5, 5.41) is 15.9. The lowest BCUT2D eigenvalue weighted by atomic mass is 9.93. The number of carbonyl (C=O) groups excluding carboxylic acids is 4. The van der Waals surface area contributed by atoms with Gasteiger partial charge in [0.1, 0.15) is 30.0 Å². The van der Waals surface area contributed by atoms with Crippen LogP contribution in [-0.4, -0.2) is 83.8 Å². The van der Waals surface area contributed by atoms with Crippen LogP contribution in [0.2, 0.25) is 0 Å². The van der Waals surface area contributed by atoms with Crippen LogP contribution in [0.4, 0.5) is 0 Å². The van der Waals surface area contributed by atoms with E-state index in [1.165, 1.54) is 11.0 Å². The molecule has 0 aromatic heterocycles. The number of nitrogens with one attached hydrogen (secondary N) is 2. The predicted octanol–water partition coefficient (Wildman–Crippen LogP) is 6.20. The summed E-state index contributed by atoms with van der Waals surface area (Å²) in [6.07, 6.45) is 5.38. The Balaban J connectivity index is 1.79. The van der Waals surface area contributed by atoms with Crippen LogP contribution in [0.5, 0.6) is 5.75 Å². The highest BCUT2D eigenvalue weighted by molar-refractivity contribution is 9.10. The molecule has 1 saturated heterocycles. The number of ether oxygens (including phenoxy) is 3. The molecule has 9 atom stereocenters. The molecule has 0 unspecified atom stereocenters. The highest BCUT2D eigenvalue weighted by Crippen LogP contribution is 2.42. The van der Waals surface area contributed by atoms with Crippen LogP contribution >= 0.6 is 15.9 Å². The molecule has 0 saturated carbocycles. The lowest BCUT2D eigenvalue weighted by Crippen LogP contribution is -2.59. The first-order valence-electron chi connectivity index (χ1n) is 18.7. The number of phenolic OH excluding ortho intramolecular Hbond substituents is 1. The van der Waals surface area contributed by atoms with Crippen molar-refractivity contribution in [3.05, 3.63) is 87.9 Å². The zero-order chi connectivity index (χ0) is 39.9. The number of halogens is 1. The Bertz CT molecular complexity index is 1710. The van der Waals surface area contributed by atoms with Crippen molar-refractivity contribution in [3.8, 4) is 5.75 Å². The Morgan fingerprint density at radius 2 is 1.74 bits per heavy atom. The summed E-state index contributed by atoms with van der Waals surface area (Å²) in [6, 6.07) is 11.1. The van der Waals surface area contributed by atoms with Crippen molar-refractivity contribution in [2.75, 3.05) is 14.2 Å². The van der Waals surface area contributed by atoms with E-state index in [1.54, 1.807) is 33.2 Å². The molecule has 2 aliphatic rings. The minimum atomic E-state index is -1.17. The van der Waals surface area contributed by atoms with Gasteiger partial charge in [0.15, 0.2) is 5.60 Å². The number of cyclic esters (lactones) is 1. The van der Waals surface area contributed by atoms with E-state index in [1.807, 2.05) is 90.1 Å². The summed E-state index contributed by atoms with van der Waals surface area (Å²) in [7, 11) is 3.20. The van der Waals surface area contributed by atoms with Gasteiger partial charge in [0.2, 0.25) is 11.8 Å². The quantitative estimate of drug-likeness (QED) is 0.222. The van der Waals surface area contributed by atoms with E-state index in [0.717, 1.165) is 11.1 Å². The number of epoxide rings is 1. The maximum atomic E-state index is 14.3. The fourth-order valence-electron chi connectivity index (χ4n) is 6.94. The van der Waals surface area contributed by atoms with Gasteiger partial charge in [-0.3, -0.25) is 14.4 Å². The SMILES string of the molecule is CC[C@H](C)[C@H]1C(=O)N[C@H](Cc2ccc(O)c(Br)c2)C(=O)N[C@@H](C(C)C)C(=O)O[C@H](c2ccccc2)[C@H](C)/C=C/C=C(\C)[C@H](OC)C[C@@H]2O[C@@]2(C)C(=O)N1C. The van der Waals surface area contributed by atoms with Crippen LogP contribution < -0.4 is 10.6 Å². The maximum Gasteiger partial charge on any atom is 0.329 e. The van der Waals surface area contributed by atoms with E-state index in [9.17, 15) is 24.3 Å². The third-order valence-corrected chi connectivity index (χ3v) is 11.3. The van der Waals surface area contributed by atoms with Gasteiger partial charge in [-0.05, 0) is 70.4 Å². The van der Waals surface area contributed by atoms with Gasteiger partial charge in [-0.25, -0.2) is 4.79 Å². The molecule has 2 heterocycles. The molecule has 0 radical (unpaired) electrons. The molecule has 12 heteroatoms. The standard InChI is InChI=1S/C42H56BrN3O8/c1-10-25(4)36-39(49)44-31(22-28-19-20-32(47)30(43)21-28)38(48)45-35(24(2)3)40(50)53-37(29-17-12-11-13-18-29)27(6)16-14-15-26(5)33(52-9)23-34-42(7,54-34)41(51)46(36)8/h11-21,24-25,27,31,33-37,47H,10,22-23H2,1-9H3,(H,44,49)(H,45,48)/b16-14+,26-15+/t25-,27+,31+,33+,34-,35-,36-,37-,42+/m0/s1. The van der Waals surface area contributed by atoms with Gasteiger partial charge in [0.25, 0.3) is 5.91 Å². The zero-order valence-corrected chi connectivity index (χ0v) is 34.4. The average molecular weight is 811 g/mol. The molecule has 3 N–H and O–H groups in total. The number of carbonyl (C=O) groups is 4. The zero-order valence-electron chi connectivity index (χ0n) is 32.8.